The van der Waals surface area contributed by atoms with Crippen molar-refractivity contribution in [2.24, 2.45) is 5.92 Å². The largest absolute Gasteiger partial charge is 0.482 e. The van der Waals surface area contributed by atoms with E-state index in [-0.39, 0.29) is 25.0 Å². The predicted molar refractivity (Wildman–Crippen MR) is 76.6 cm³/mol. The summed E-state index contributed by atoms with van der Waals surface area (Å²) in [6.07, 6.45) is 1.60. The molecule has 2 N–H and O–H groups in total. The molecule has 1 heterocycles. The molecule has 0 spiro atoms. The van der Waals surface area contributed by atoms with Gasteiger partial charge in [0.15, 0.2) is 6.61 Å². The van der Waals surface area contributed by atoms with Gasteiger partial charge in [-0.1, -0.05) is 12.1 Å². The SMILES string of the molecule is O=C(CN1C(=O)COc2ccccc21)NC(C(=O)O)C1CC1. The average Bonchev–Trinajstić information content (AvgIpc) is 3.32. The van der Waals surface area contributed by atoms with Gasteiger partial charge in [0.1, 0.15) is 18.3 Å². The second-order valence-corrected chi connectivity index (χ2v) is 5.46. The Morgan fingerprint density at radius 2 is 2.09 bits per heavy atom. The van der Waals surface area contributed by atoms with Crippen molar-refractivity contribution in [3.63, 3.8) is 0 Å². The molecule has 1 aromatic rings. The topological polar surface area (TPSA) is 95.9 Å². The lowest BCUT2D eigenvalue weighted by Crippen LogP contribution is -2.49. The number of rotatable bonds is 5. The highest BCUT2D eigenvalue weighted by Gasteiger charge is 2.38. The number of carbonyl (C=O) groups is 3. The molecule has 1 unspecified atom stereocenters. The highest BCUT2D eigenvalue weighted by molar-refractivity contribution is 6.02. The maximum Gasteiger partial charge on any atom is 0.326 e. The molecule has 7 nitrogen and oxygen atoms in total. The fraction of sp³-hybridized carbons (Fsp3) is 0.400. The van der Waals surface area contributed by atoms with Gasteiger partial charge in [0.05, 0.1) is 5.69 Å². The van der Waals surface area contributed by atoms with Gasteiger partial charge in [-0.05, 0) is 30.9 Å². The van der Waals surface area contributed by atoms with Crippen LogP contribution in [-0.4, -0.2) is 42.1 Å². The normalized spacial score (nSPS) is 18.2. The van der Waals surface area contributed by atoms with E-state index < -0.39 is 17.9 Å². The summed E-state index contributed by atoms with van der Waals surface area (Å²) in [5, 5.41) is 11.6. The smallest absolute Gasteiger partial charge is 0.326 e. The first kappa shape index (κ1) is 14.4. The lowest BCUT2D eigenvalue weighted by Gasteiger charge is -2.29. The summed E-state index contributed by atoms with van der Waals surface area (Å²) in [6, 6.07) is 6.06. The number of carboxylic acids is 1. The third-order valence-electron chi connectivity index (χ3n) is 3.79. The van der Waals surface area contributed by atoms with E-state index in [1.165, 1.54) is 4.90 Å². The van der Waals surface area contributed by atoms with Crippen LogP contribution in [0, 0.1) is 5.92 Å². The van der Waals surface area contributed by atoms with Crippen LogP contribution >= 0.6 is 0 Å². The van der Waals surface area contributed by atoms with Gasteiger partial charge in [0, 0.05) is 0 Å². The fourth-order valence-corrected chi connectivity index (χ4v) is 2.50. The van der Waals surface area contributed by atoms with Gasteiger partial charge in [-0.25, -0.2) is 4.79 Å². The molecule has 116 valence electrons. The Hall–Kier alpha value is -2.57. The first-order chi connectivity index (χ1) is 10.6. The van der Waals surface area contributed by atoms with Crippen molar-refractivity contribution in [3.05, 3.63) is 24.3 Å². The molecule has 1 fully saturated rings. The number of para-hydroxylation sites is 2. The molecule has 1 aromatic carbocycles. The maximum atomic E-state index is 12.1. The summed E-state index contributed by atoms with van der Waals surface area (Å²) in [6.45, 7) is -0.342. The first-order valence-corrected chi connectivity index (χ1v) is 7.10. The van der Waals surface area contributed by atoms with Crippen LogP contribution in [0.25, 0.3) is 0 Å². The Morgan fingerprint density at radius 1 is 1.36 bits per heavy atom. The molecule has 0 bridgehead atoms. The quantitative estimate of drug-likeness (QED) is 0.820. The maximum absolute atomic E-state index is 12.1. The number of nitrogens with one attached hydrogen (secondary N) is 1. The van der Waals surface area contributed by atoms with E-state index in [0.717, 1.165) is 12.8 Å². The molecule has 0 radical (unpaired) electrons. The zero-order chi connectivity index (χ0) is 15.7. The summed E-state index contributed by atoms with van der Waals surface area (Å²) < 4.78 is 5.30. The van der Waals surface area contributed by atoms with E-state index >= 15 is 0 Å². The highest BCUT2D eigenvalue weighted by Crippen LogP contribution is 2.33. The zero-order valence-electron chi connectivity index (χ0n) is 11.8. The van der Waals surface area contributed by atoms with Crippen molar-refractivity contribution in [1.82, 2.24) is 5.32 Å². The standard InChI is InChI=1S/C15H16N2O5/c18-12(16-14(15(20)21)9-5-6-9)7-17-10-3-1-2-4-11(10)22-8-13(17)19/h1-4,9,14H,5-8H2,(H,16,18)(H,20,21). The Balaban J connectivity index is 1.70. The van der Waals surface area contributed by atoms with Crippen molar-refractivity contribution in [1.29, 1.82) is 0 Å². The number of amides is 2. The van der Waals surface area contributed by atoms with E-state index in [2.05, 4.69) is 5.32 Å². The predicted octanol–water partition coefficient (Wildman–Crippen LogP) is 0.391. The summed E-state index contributed by atoms with van der Waals surface area (Å²) in [7, 11) is 0. The Morgan fingerprint density at radius 3 is 2.77 bits per heavy atom. The van der Waals surface area contributed by atoms with Gasteiger partial charge in [0.2, 0.25) is 5.91 Å². The summed E-state index contributed by atoms with van der Waals surface area (Å²) in [4.78, 5) is 36.5. The molecular weight excluding hydrogens is 288 g/mol. The van der Waals surface area contributed by atoms with Crippen LogP contribution in [0.15, 0.2) is 24.3 Å². The van der Waals surface area contributed by atoms with Crippen molar-refractivity contribution >= 4 is 23.5 Å². The number of anilines is 1. The molecule has 0 aromatic heterocycles. The van der Waals surface area contributed by atoms with Gasteiger partial charge in [-0.3, -0.25) is 14.5 Å². The van der Waals surface area contributed by atoms with Gasteiger partial charge >= 0.3 is 5.97 Å². The minimum absolute atomic E-state index is 0.00544. The highest BCUT2D eigenvalue weighted by atomic mass is 16.5. The van der Waals surface area contributed by atoms with Crippen LogP contribution < -0.4 is 15.0 Å². The number of fused-ring (bicyclic) bond motifs is 1. The number of ether oxygens (including phenoxy) is 1. The van der Waals surface area contributed by atoms with Crippen molar-refractivity contribution < 1.29 is 24.2 Å². The van der Waals surface area contributed by atoms with Gasteiger partial charge in [-0.2, -0.15) is 0 Å². The van der Waals surface area contributed by atoms with Crippen LogP contribution in [-0.2, 0) is 14.4 Å². The number of aliphatic carboxylic acids is 1. The molecule has 22 heavy (non-hydrogen) atoms. The molecule has 2 amide bonds. The Labute approximate surface area is 126 Å². The minimum Gasteiger partial charge on any atom is -0.482 e. The second-order valence-electron chi connectivity index (χ2n) is 5.46. The summed E-state index contributed by atoms with van der Waals surface area (Å²) in [5.74, 6) is -1.32. The Kier molecular flexibility index (Phi) is 3.70. The van der Waals surface area contributed by atoms with Crippen LogP contribution in [0.3, 0.4) is 0 Å². The molecule has 1 aliphatic carbocycles. The van der Waals surface area contributed by atoms with Crippen LogP contribution in [0.2, 0.25) is 0 Å². The van der Waals surface area contributed by atoms with Crippen LogP contribution in [0.5, 0.6) is 5.75 Å². The minimum atomic E-state index is -1.04. The molecule has 1 saturated carbocycles. The summed E-state index contributed by atoms with van der Waals surface area (Å²) in [5.41, 5.74) is 0.521. The monoisotopic (exact) mass is 304 g/mol. The van der Waals surface area contributed by atoms with Gasteiger partial charge in [0.25, 0.3) is 5.91 Å². The number of carbonyl (C=O) groups excluding carboxylic acids is 2. The zero-order valence-corrected chi connectivity index (χ0v) is 11.8. The van der Waals surface area contributed by atoms with Crippen molar-refractivity contribution in [2.75, 3.05) is 18.1 Å². The van der Waals surface area contributed by atoms with Crippen molar-refractivity contribution in [2.45, 2.75) is 18.9 Å². The average molecular weight is 304 g/mol. The van der Waals surface area contributed by atoms with Crippen molar-refractivity contribution in [3.8, 4) is 5.75 Å². The second kappa shape index (κ2) is 5.67. The lowest BCUT2D eigenvalue weighted by atomic mass is 10.2. The van der Waals surface area contributed by atoms with E-state index in [4.69, 9.17) is 9.84 Å². The molecule has 0 saturated heterocycles. The third-order valence-corrected chi connectivity index (χ3v) is 3.79. The number of hydrogen-bond acceptors (Lipinski definition) is 4. The number of nitrogens with zero attached hydrogens (tertiary/aromatic N) is 1. The lowest BCUT2D eigenvalue weighted by molar-refractivity contribution is -0.142. The van der Waals surface area contributed by atoms with E-state index in [1.54, 1.807) is 24.3 Å². The molecular formula is C15H16N2O5. The van der Waals surface area contributed by atoms with Crippen LogP contribution in [0.1, 0.15) is 12.8 Å². The van der Waals surface area contributed by atoms with Crippen LogP contribution in [0.4, 0.5) is 5.69 Å². The van der Waals surface area contributed by atoms with E-state index in [9.17, 15) is 14.4 Å². The number of benzene rings is 1. The van der Waals surface area contributed by atoms with E-state index in [1.807, 2.05) is 0 Å². The first-order valence-electron chi connectivity index (χ1n) is 7.10. The molecule has 1 aliphatic heterocycles. The fourth-order valence-electron chi connectivity index (χ4n) is 2.50. The Bertz CT molecular complexity index is 626. The number of carboxylic acid groups (broad SMARTS) is 1. The molecule has 7 heteroatoms. The van der Waals surface area contributed by atoms with E-state index in [0.29, 0.717) is 11.4 Å². The molecule has 3 rings (SSSR count). The van der Waals surface area contributed by atoms with Gasteiger partial charge < -0.3 is 15.2 Å². The summed E-state index contributed by atoms with van der Waals surface area (Å²) >= 11 is 0. The van der Waals surface area contributed by atoms with Gasteiger partial charge in [-0.15, -0.1) is 0 Å². The third kappa shape index (κ3) is 2.88. The number of hydrogen-bond donors (Lipinski definition) is 2. The molecule has 2 aliphatic rings. The molecule has 1 atom stereocenters.